The van der Waals surface area contributed by atoms with Gasteiger partial charge in [0.25, 0.3) is 5.56 Å². The van der Waals surface area contributed by atoms with Crippen LogP contribution in [0.25, 0.3) is 10.9 Å². The number of aromatic amines is 1. The number of ketones is 2. The van der Waals surface area contributed by atoms with Crippen molar-refractivity contribution in [2.45, 2.75) is 37.8 Å². The SMILES string of the molecule is CC(=O)c1cc(N)c2c(c1)N=C(CC(=O)CCCSc1nc3ccccc3c(=O)[nH]1)C2. The topological polar surface area (TPSA) is 118 Å². The average molecular weight is 435 g/mol. The van der Waals surface area contributed by atoms with Crippen LogP contribution in [0.1, 0.15) is 42.1 Å². The lowest BCUT2D eigenvalue weighted by atomic mass is 10.0. The number of thioether (sulfide) groups is 1. The molecule has 8 heteroatoms. The quantitative estimate of drug-likeness (QED) is 0.183. The fourth-order valence-corrected chi connectivity index (χ4v) is 4.39. The van der Waals surface area contributed by atoms with Crippen molar-refractivity contribution in [2.75, 3.05) is 11.5 Å². The number of para-hydroxylation sites is 1. The van der Waals surface area contributed by atoms with Gasteiger partial charge in [0.1, 0.15) is 5.78 Å². The van der Waals surface area contributed by atoms with Gasteiger partial charge in [-0.05, 0) is 37.6 Å². The molecule has 2 aromatic carbocycles. The summed E-state index contributed by atoms with van der Waals surface area (Å²) in [6, 6.07) is 10.6. The van der Waals surface area contributed by atoms with Gasteiger partial charge < -0.3 is 10.7 Å². The van der Waals surface area contributed by atoms with Crippen LogP contribution >= 0.6 is 11.8 Å². The number of anilines is 1. The number of nitrogens with one attached hydrogen (secondary N) is 1. The highest BCUT2D eigenvalue weighted by molar-refractivity contribution is 7.99. The number of nitrogens with zero attached hydrogens (tertiary/aromatic N) is 2. The molecule has 4 rings (SSSR count). The first-order chi connectivity index (χ1) is 14.9. The molecule has 3 aromatic rings. The third-order valence-corrected chi connectivity index (χ3v) is 6.12. The smallest absolute Gasteiger partial charge is 0.259 e. The highest BCUT2D eigenvalue weighted by atomic mass is 32.2. The summed E-state index contributed by atoms with van der Waals surface area (Å²) in [5.41, 5.74) is 9.99. The molecule has 0 bridgehead atoms. The zero-order valence-electron chi connectivity index (χ0n) is 17.1. The number of aromatic nitrogens is 2. The maximum Gasteiger partial charge on any atom is 0.259 e. The van der Waals surface area contributed by atoms with Crippen LogP contribution in [0.3, 0.4) is 0 Å². The van der Waals surface area contributed by atoms with Crippen molar-refractivity contribution >= 4 is 51.3 Å². The number of nitrogens with two attached hydrogens (primary N) is 1. The Hall–Kier alpha value is -3.26. The lowest BCUT2D eigenvalue weighted by Gasteiger charge is -2.05. The Morgan fingerprint density at radius 2 is 2.03 bits per heavy atom. The van der Waals surface area contributed by atoms with Gasteiger partial charge in [0.2, 0.25) is 0 Å². The summed E-state index contributed by atoms with van der Waals surface area (Å²) in [6.45, 7) is 1.49. The van der Waals surface area contributed by atoms with E-state index in [1.165, 1.54) is 18.7 Å². The van der Waals surface area contributed by atoms with Crippen molar-refractivity contribution in [3.05, 3.63) is 57.9 Å². The van der Waals surface area contributed by atoms with Crippen LogP contribution in [0, 0.1) is 0 Å². The number of Topliss-reactive ketones (excluding diaryl/α,β-unsaturated/α-hetero) is 2. The van der Waals surface area contributed by atoms with E-state index in [2.05, 4.69) is 15.0 Å². The summed E-state index contributed by atoms with van der Waals surface area (Å²) in [7, 11) is 0. The third kappa shape index (κ3) is 4.74. The predicted octanol–water partition coefficient (Wildman–Crippen LogP) is 3.87. The molecule has 1 aliphatic rings. The fraction of sp³-hybridized carbons (Fsp3) is 0.261. The molecule has 0 atom stereocenters. The zero-order valence-corrected chi connectivity index (χ0v) is 17.9. The first-order valence-corrected chi connectivity index (χ1v) is 11.0. The van der Waals surface area contributed by atoms with Crippen LogP contribution in [-0.4, -0.2) is 33.0 Å². The number of H-pyrrole nitrogens is 1. The van der Waals surface area contributed by atoms with Gasteiger partial charge in [0.15, 0.2) is 10.9 Å². The molecule has 7 nitrogen and oxygen atoms in total. The number of carbonyl (C=O) groups excluding carboxylic acids is 2. The number of rotatable bonds is 8. The second-order valence-corrected chi connectivity index (χ2v) is 8.61. The maximum absolute atomic E-state index is 12.4. The van der Waals surface area contributed by atoms with Gasteiger partial charge in [-0.15, -0.1) is 0 Å². The van der Waals surface area contributed by atoms with Crippen molar-refractivity contribution in [3.8, 4) is 0 Å². The van der Waals surface area contributed by atoms with Crippen molar-refractivity contribution in [3.63, 3.8) is 0 Å². The highest BCUT2D eigenvalue weighted by Crippen LogP contribution is 2.34. The minimum Gasteiger partial charge on any atom is -0.398 e. The molecule has 31 heavy (non-hydrogen) atoms. The van der Waals surface area contributed by atoms with E-state index in [0.717, 1.165) is 11.3 Å². The van der Waals surface area contributed by atoms with Gasteiger partial charge in [0.05, 0.1) is 16.6 Å². The van der Waals surface area contributed by atoms with Gasteiger partial charge in [-0.3, -0.25) is 19.4 Å². The minimum atomic E-state index is -0.157. The van der Waals surface area contributed by atoms with Crippen LogP contribution in [0.5, 0.6) is 0 Å². The predicted molar refractivity (Wildman–Crippen MR) is 124 cm³/mol. The molecule has 0 amide bonds. The number of carbonyl (C=O) groups is 2. The molecule has 0 spiro atoms. The zero-order chi connectivity index (χ0) is 22.0. The number of hydrogen-bond acceptors (Lipinski definition) is 7. The summed E-state index contributed by atoms with van der Waals surface area (Å²) in [5, 5.41) is 1.12. The van der Waals surface area contributed by atoms with E-state index in [9.17, 15) is 14.4 Å². The number of hydrogen-bond donors (Lipinski definition) is 2. The molecular formula is C23H22N4O3S. The van der Waals surface area contributed by atoms with E-state index in [1.807, 2.05) is 12.1 Å². The van der Waals surface area contributed by atoms with E-state index < -0.39 is 0 Å². The number of nitrogen functional groups attached to an aromatic ring is 1. The van der Waals surface area contributed by atoms with E-state index in [4.69, 9.17) is 5.73 Å². The summed E-state index contributed by atoms with van der Waals surface area (Å²) in [5.74, 6) is 0.723. The summed E-state index contributed by atoms with van der Waals surface area (Å²) >= 11 is 1.43. The Bertz CT molecular complexity index is 1280. The molecule has 0 unspecified atom stereocenters. The van der Waals surface area contributed by atoms with E-state index in [0.29, 0.717) is 58.0 Å². The van der Waals surface area contributed by atoms with Crippen LogP contribution in [0.2, 0.25) is 0 Å². The number of aliphatic imine (C=N–C) groups is 1. The second kappa shape index (κ2) is 8.85. The first-order valence-electron chi connectivity index (χ1n) is 10.0. The number of fused-ring (bicyclic) bond motifs is 2. The Morgan fingerprint density at radius 3 is 2.84 bits per heavy atom. The second-order valence-electron chi connectivity index (χ2n) is 7.53. The van der Waals surface area contributed by atoms with Gasteiger partial charge >= 0.3 is 0 Å². The normalized spacial score (nSPS) is 12.6. The van der Waals surface area contributed by atoms with E-state index >= 15 is 0 Å². The minimum absolute atomic E-state index is 0.0611. The third-order valence-electron chi connectivity index (χ3n) is 5.16. The summed E-state index contributed by atoms with van der Waals surface area (Å²) in [4.78, 5) is 47.9. The van der Waals surface area contributed by atoms with E-state index in [-0.39, 0.29) is 23.5 Å². The standard InChI is InChI=1S/C23H22N4O3S/c1-13(28)14-9-19(24)18-12-15(25-21(18)10-14)11-16(29)5-4-8-31-23-26-20-7-3-2-6-17(20)22(30)27-23/h2-3,6-7,9-10H,4-5,8,11-12,24H2,1H3,(H,26,27,30). The molecule has 2 heterocycles. The molecule has 0 saturated heterocycles. The molecular weight excluding hydrogens is 412 g/mol. The van der Waals surface area contributed by atoms with Crippen molar-refractivity contribution < 1.29 is 9.59 Å². The molecule has 3 N–H and O–H groups in total. The molecule has 158 valence electrons. The lowest BCUT2D eigenvalue weighted by Crippen LogP contribution is -2.10. The Balaban J connectivity index is 1.29. The summed E-state index contributed by atoms with van der Waals surface area (Å²) < 4.78 is 0. The monoisotopic (exact) mass is 434 g/mol. The molecule has 0 fully saturated rings. The van der Waals surface area contributed by atoms with Crippen LogP contribution in [-0.2, 0) is 11.2 Å². The van der Waals surface area contributed by atoms with Crippen molar-refractivity contribution in [2.24, 2.45) is 4.99 Å². The Morgan fingerprint density at radius 1 is 1.23 bits per heavy atom. The fourth-order valence-electron chi connectivity index (χ4n) is 3.58. The molecule has 1 aromatic heterocycles. The van der Waals surface area contributed by atoms with Crippen LogP contribution in [0.4, 0.5) is 11.4 Å². The Kier molecular flexibility index (Phi) is 5.99. The van der Waals surface area contributed by atoms with Crippen molar-refractivity contribution in [1.82, 2.24) is 9.97 Å². The number of benzene rings is 2. The largest absolute Gasteiger partial charge is 0.398 e. The van der Waals surface area contributed by atoms with Crippen LogP contribution < -0.4 is 11.3 Å². The molecule has 0 radical (unpaired) electrons. The van der Waals surface area contributed by atoms with E-state index in [1.54, 1.807) is 24.3 Å². The molecule has 0 saturated carbocycles. The molecule has 0 aliphatic carbocycles. The Labute approximate surface area is 183 Å². The summed E-state index contributed by atoms with van der Waals surface area (Å²) in [6.07, 6.45) is 1.92. The average Bonchev–Trinajstić information content (AvgIpc) is 3.14. The molecule has 1 aliphatic heterocycles. The van der Waals surface area contributed by atoms with Crippen molar-refractivity contribution in [1.29, 1.82) is 0 Å². The van der Waals surface area contributed by atoms with Crippen LogP contribution in [0.15, 0.2) is 51.3 Å². The van der Waals surface area contributed by atoms with Gasteiger partial charge in [-0.1, -0.05) is 23.9 Å². The van der Waals surface area contributed by atoms with Gasteiger partial charge in [-0.25, -0.2) is 4.98 Å². The van der Waals surface area contributed by atoms with Gasteiger partial charge in [0, 0.05) is 47.5 Å². The lowest BCUT2D eigenvalue weighted by molar-refractivity contribution is -0.117. The highest BCUT2D eigenvalue weighted by Gasteiger charge is 2.21. The maximum atomic E-state index is 12.4. The first kappa shape index (κ1) is 21.0. The van der Waals surface area contributed by atoms with Gasteiger partial charge in [-0.2, -0.15) is 0 Å².